The fourth-order valence-electron chi connectivity index (χ4n) is 3.23. The van der Waals surface area contributed by atoms with E-state index in [-0.39, 0.29) is 6.04 Å². The zero-order chi connectivity index (χ0) is 15.5. The normalized spacial score (nSPS) is 24.7. The molecular formula is C19H26N2O. The Morgan fingerprint density at radius 2 is 2.14 bits per heavy atom. The lowest BCUT2D eigenvalue weighted by Gasteiger charge is -2.23. The maximum absolute atomic E-state index is 6.18. The second kappa shape index (κ2) is 6.57. The topological polar surface area (TPSA) is 24.5 Å². The molecule has 3 heteroatoms. The first-order valence-electron chi connectivity index (χ1n) is 8.22. The van der Waals surface area contributed by atoms with E-state index in [1.807, 2.05) is 12.3 Å². The molecule has 0 radical (unpaired) electrons. The van der Waals surface area contributed by atoms with Crippen LogP contribution < -0.4 is 10.1 Å². The van der Waals surface area contributed by atoms with E-state index in [9.17, 15) is 0 Å². The zero-order valence-electron chi connectivity index (χ0n) is 13.8. The van der Waals surface area contributed by atoms with Gasteiger partial charge in [0.05, 0.1) is 6.04 Å². The molecule has 0 aliphatic carbocycles. The van der Waals surface area contributed by atoms with Crippen molar-refractivity contribution in [2.45, 2.75) is 38.3 Å². The molecule has 118 valence electrons. The number of likely N-dealkylation sites (N-methyl/N-ethyl adjacent to an activating group) is 1. The van der Waals surface area contributed by atoms with Crippen LogP contribution in [0.15, 0.2) is 42.6 Å². The number of nitrogens with zero attached hydrogens (tertiary/aromatic N) is 1. The van der Waals surface area contributed by atoms with Gasteiger partial charge in [-0.15, -0.1) is 0 Å². The number of dihydropyridines is 1. The van der Waals surface area contributed by atoms with Gasteiger partial charge in [0.25, 0.3) is 0 Å². The largest absolute Gasteiger partial charge is 0.489 e. The number of benzene rings is 1. The summed E-state index contributed by atoms with van der Waals surface area (Å²) in [6.45, 7) is 6.64. The minimum absolute atomic E-state index is 0.258. The van der Waals surface area contributed by atoms with Crippen LogP contribution in [0.4, 0.5) is 0 Å². The number of rotatable bonds is 4. The molecule has 2 atom stereocenters. The Morgan fingerprint density at radius 1 is 1.27 bits per heavy atom. The molecule has 0 saturated carbocycles. The van der Waals surface area contributed by atoms with Crippen molar-refractivity contribution in [3.63, 3.8) is 0 Å². The maximum atomic E-state index is 6.18. The van der Waals surface area contributed by atoms with Gasteiger partial charge < -0.3 is 15.0 Å². The molecule has 1 aromatic carbocycles. The quantitative estimate of drug-likeness (QED) is 0.919. The van der Waals surface area contributed by atoms with Gasteiger partial charge in [0.2, 0.25) is 0 Å². The van der Waals surface area contributed by atoms with E-state index in [0.717, 1.165) is 25.3 Å². The summed E-state index contributed by atoms with van der Waals surface area (Å²) in [6, 6.07) is 6.82. The van der Waals surface area contributed by atoms with Crippen LogP contribution in [-0.4, -0.2) is 31.1 Å². The molecule has 1 N–H and O–H groups in total. The minimum atomic E-state index is 0.258. The van der Waals surface area contributed by atoms with Gasteiger partial charge in [-0.2, -0.15) is 0 Å². The van der Waals surface area contributed by atoms with Crippen LogP contribution in [0.25, 0.3) is 0 Å². The molecule has 0 amide bonds. The zero-order valence-corrected chi connectivity index (χ0v) is 13.8. The lowest BCUT2D eigenvalue weighted by atomic mass is 9.91. The predicted molar refractivity (Wildman–Crippen MR) is 91.2 cm³/mol. The summed E-state index contributed by atoms with van der Waals surface area (Å²) in [5, 5.41) is 3.41. The van der Waals surface area contributed by atoms with Crippen molar-refractivity contribution in [3.8, 4) is 5.75 Å². The molecule has 0 aromatic heterocycles. The highest BCUT2D eigenvalue weighted by atomic mass is 16.5. The molecule has 1 aromatic rings. The molecule has 2 aliphatic heterocycles. The second-order valence-electron chi connectivity index (χ2n) is 6.62. The molecular weight excluding hydrogens is 272 g/mol. The Kier molecular flexibility index (Phi) is 4.53. The van der Waals surface area contributed by atoms with Gasteiger partial charge in [-0.1, -0.05) is 32.1 Å². The highest BCUT2D eigenvalue weighted by Crippen LogP contribution is 2.31. The van der Waals surface area contributed by atoms with E-state index in [0.29, 0.717) is 12.0 Å². The van der Waals surface area contributed by atoms with Crippen molar-refractivity contribution in [1.82, 2.24) is 10.2 Å². The lowest BCUT2D eigenvalue weighted by molar-refractivity contribution is 0.208. The second-order valence-corrected chi connectivity index (χ2v) is 6.62. The highest BCUT2D eigenvalue weighted by Gasteiger charge is 2.22. The van der Waals surface area contributed by atoms with Crippen LogP contribution >= 0.6 is 0 Å². The minimum Gasteiger partial charge on any atom is -0.489 e. The van der Waals surface area contributed by atoms with Crippen molar-refractivity contribution >= 4 is 0 Å². The van der Waals surface area contributed by atoms with Gasteiger partial charge in [0.1, 0.15) is 11.9 Å². The molecule has 22 heavy (non-hydrogen) atoms. The number of nitrogens with one attached hydrogen (secondary N) is 1. The molecule has 3 nitrogen and oxygen atoms in total. The van der Waals surface area contributed by atoms with E-state index >= 15 is 0 Å². The Bertz CT molecular complexity index is 577. The van der Waals surface area contributed by atoms with E-state index in [1.54, 1.807) is 0 Å². The molecule has 1 fully saturated rings. The summed E-state index contributed by atoms with van der Waals surface area (Å²) in [5.74, 6) is 1.48. The lowest BCUT2D eigenvalue weighted by Crippen LogP contribution is -2.22. The monoisotopic (exact) mass is 298 g/mol. The van der Waals surface area contributed by atoms with Crippen LogP contribution in [0.3, 0.4) is 0 Å². The summed E-state index contributed by atoms with van der Waals surface area (Å²) in [4.78, 5) is 2.32. The molecule has 2 heterocycles. The van der Waals surface area contributed by atoms with E-state index in [2.05, 4.69) is 61.5 Å². The van der Waals surface area contributed by atoms with Crippen LogP contribution in [0.2, 0.25) is 0 Å². The van der Waals surface area contributed by atoms with E-state index in [1.165, 1.54) is 11.1 Å². The Balaban J connectivity index is 1.80. The van der Waals surface area contributed by atoms with Crippen molar-refractivity contribution in [2.75, 3.05) is 20.1 Å². The maximum Gasteiger partial charge on any atom is 0.120 e. The summed E-state index contributed by atoms with van der Waals surface area (Å²) in [5.41, 5.74) is 2.70. The fraction of sp³-hybridized carbons (Fsp3) is 0.474. The van der Waals surface area contributed by atoms with Crippen molar-refractivity contribution in [3.05, 3.63) is 53.8 Å². The van der Waals surface area contributed by atoms with Gasteiger partial charge in [-0.3, -0.25) is 0 Å². The SMILES string of the molecule is CC(C)c1cc(OC2CCN(C)C2)ccc1C1C=CC=CN1. The van der Waals surface area contributed by atoms with Crippen LogP contribution in [-0.2, 0) is 0 Å². The van der Waals surface area contributed by atoms with Gasteiger partial charge in [-0.05, 0) is 54.9 Å². The number of allylic oxidation sites excluding steroid dienone is 2. The summed E-state index contributed by atoms with van der Waals surface area (Å²) < 4.78 is 6.18. The van der Waals surface area contributed by atoms with Crippen LogP contribution in [0.5, 0.6) is 5.75 Å². The number of hydrogen-bond acceptors (Lipinski definition) is 3. The average Bonchev–Trinajstić information content (AvgIpc) is 2.93. The average molecular weight is 298 g/mol. The van der Waals surface area contributed by atoms with Crippen molar-refractivity contribution in [1.29, 1.82) is 0 Å². The first-order valence-corrected chi connectivity index (χ1v) is 8.22. The van der Waals surface area contributed by atoms with Gasteiger partial charge in [0.15, 0.2) is 0 Å². The molecule has 0 bridgehead atoms. The molecule has 2 aliphatic rings. The van der Waals surface area contributed by atoms with Gasteiger partial charge in [0, 0.05) is 13.1 Å². The van der Waals surface area contributed by atoms with Gasteiger partial charge in [-0.25, -0.2) is 0 Å². The summed E-state index contributed by atoms with van der Waals surface area (Å²) in [7, 11) is 2.15. The molecule has 0 spiro atoms. The smallest absolute Gasteiger partial charge is 0.120 e. The fourth-order valence-corrected chi connectivity index (χ4v) is 3.23. The van der Waals surface area contributed by atoms with E-state index < -0.39 is 0 Å². The highest BCUT2D eigenvalue weighted by molar-refractivity contribution is 5.42. The Hall–Kier alpha value is -1.74. The first kappa shape index (κ1) is 15.2. The van der Waals surface area contributed by atoms with Crippen LogP contribution in [0, 0.1) is 0 Å². The van der Waals surface area contributed by atoms with Gasteiger partial charge >= 0.3 is 0 Å². The predicted octanol–water partition coefficient (Wildman–Crippen LogP) is 3.61. The standard InChI is InChI=1S/C19H26N2O/c1-14(2)18-12-15(22-16-9-11-21(3)13-16)7-8-17(18)19-6-4-5-10-20-19/h4-8,10,12,14,16,19-20H,9,11,13H2,1-3H3. The first-order chi connectivity index (χ1) is 10.6. The number of ether oxygens (including phenoxy) is 1. The number of likely N-dealkylation sites (tertiary alicyclic amines) is 1. The van der Waals surface area contributed by atoms with E-state index in [4.69, 9.17) is 4.74 Å². The third kappa shape index (κ3) is 3.36. The van der Waals surface area contributed by atoms with Crippen molar-refractivity contribution < 1.29 is 4.74 Å². The summed E-state index contributed by atoms with van der Waals surface area (Å²) in [6.07, 6.45) is 9.78. The molecule has 2 unspecified atom stereocenters. The molecule has 1 saturated heterocycles. The van der Waals surface area contributed by atoms with Crippen molar-refractivity contribution in [2.24, 2.45) is 0 Å². The van der Waals surface area contributed by atoms with Crippen LogP contribution in [0.1, 0.15) is 43.4 Å². The third-order valence-electron chi connectivity index (χ3n) is 4.45. The Labute approximate surface area is 133 Å². The molecule has 3 rings (SSSR count). The number of hydrogen-bond donors (Lipinski definition) is 1. The third-order valence-corrected chi connectivity index (χ3v) is 4.45. The summed E-state index contributed by atoms with van der Waals surface area (Å²) >= 11 is 0. The Morgan fingerprint density at radius 3 is 2.77 bits per heavy atom.